The minimum absolute atomic E-state index is 0.291. The number of benzene rings is 2. The van der Waals surface area contributed by atoms with Gasteiger partial charge in [0, 0.05) is 23.0 Å². The molecule has 1 aromatic heterocycles. The SMILES string of the molecule is COc1ccc(-c2cnc(Oc3ccc(Cl)cc3)nc2)cc1. The van der Waals surface area contributed by atoms with E-state index >= 15 is 0 Å². The summed E-state index contributed by atoms with van der Waals surface area (Å²) in [5, 5.41) is 0.656. The van der Waals surface area contributed by atoms with Gasteiger partial charge < -0.3 is 9.47 Å². The Kier molecular flexibility index (Phi) is 4.21. The zero-order valence-corrected chi connectivity index (χ0v) is 12.6. The predicted molar refractivity (Wildman–Crippen MR) is 85.5 cm³/mol. The highest BCUT2D eigenvalue weighted by atomic mass is 35.5. The summed E-state index contributed by atoms with van der Waals surface area (Å²) in [6.45, 7) is 0. The zero-order chi connectivity index (χ0) is 15.4. The first kappa shape index (κ1) is 14.4. The highest BCUT2D eigenvalue weighted by molar-refractivity contribution is 6.30. The first-order chi connectivity index (χ1) is 10.7. The van der Waals surface area contributed by atoms with E-state index in [2.05, 4.69) is 9.97 Å². The first-order valence-electron chi connectivity index (χ1n) is 6.64. The normalized spacial score (nSPS) is 10.3. The molecule has 0 saturated heterocycles. The lowest BCUT2D eigenvalue weighted by molar-refractivity contribution is 0.415. The summed E-state index contributed by atoms with van der Waals surface area (Å²) >= 11 is 5.83. The molecule has 110 valence electrons. The van der Waals surface area contributed by atoms with Crippen LogP contribution in [-0.4, -0.2) is 17.1 Å². The van der Waals surface area contributed by atoms with Crippen molar-refractivity contribution in [2.45, 2.75) is 0 Å². The molecule has 3 aromatic rings. The maximum absolute atomic E-state index is 5.83. The van der Waals surface area contributed by atoms with Crippen LogP contribution in [0.15, 0.2) is 60.9 Å². The Morgan fingerprint density at radius 1 is 0.773 bits per heavy atom. The number of ether oxygens (including phenoxy) is 2. The quantitative estimate of drug-likeness (QED) is 0.706. The minimum Gasteiger partial charge on any atom is -0.497 e. The van der Waals surface area contributed by atoms with Crippen LogP contribution < -0.4 is 9.47 Å². The van der Waals surface area contributed by atoms with Crippen molar-refractivity contribution < 1.29 is 9.47 Å². The third-order valence-corrected chi connectivity index (χ3v) is 3.33. The summed E-state index contributed by atoms with van der Waals surface area (Å²) in [4.78, 5) is 8.44. The van der Waals surface area contributed by atoms with Crippen LogP contribution in [0.3, 0.4) is 0 Å². The molecule has 0 aliphatic rings. The predicted octanol–water partition coefficient (Wildman–Crippen LogP) is 4.60. The molecule has 22 heavy (non-hydrogen) atoms. The smallest absolute Gasteiger partial charge is 0.321 e. The fraction of sp³-hybridized carbons (Fsp3) is 0.0588. The fourth-order valence-corrected chi connectivity index (χ4v) is 2.04. The third kappa shape index (κ3) is 3.35. The van der Waals surface area contributed by atoms with Gasteiger partial charge in [-0.05, 0) is 42.0 Å². The van der Waals surface area contributed by atoms with Gasteiger partial charge in [0.2, 0.25) is 0 Å². The van der Waals surface area contributed by atoms with Crippen molar-refractivity contribution in [1.82, 2.24) is 9.97 Å². The Hall–Kier alpha value is -2.59. The summed E-state index contributed by atoms with van der Waals surface area (Å²) < 4.78 is 10.7. The van der Waals surface area contributed by atoms with Crippen molar-refractivity contribution in [3.05, 3.63) is 65.9 Å². The molecule has 0 aliphatic carbocycles. The van der Waals surface area contributed by atoms with Crippen LogP contribution in [0.1, 0.15) is 0 Å². The summed E-state index contributed by atoms with van der Waals surface area (Å²) in [7, 11) is 1.64. The largest absolute Gasteiger partial charge is 0.497 e. The van der Waals surface area contributed by atoms with E-state index < -0.39 is 0 Å². The Morgan fingerprint density at radius 2 is 1.36 bits per heavy atom. The molecule has 5 heteroatoms. The maximum Gasteiger partial charge on any atom is 0.321 e. The minimum atomic E-state index is 0.291. The van der Waals surface area contributed by atoms with Crippen molar-refractivity contribution in [2.75, 3.05) is 7.11 Å². The molecule has 4 nitrogen and oxygen atoms in total. The second-order valence-corrected chi connectivity index (χ2v) is 4.98. The van der Waals surface area contributed by atoms with Gasteiger partial charge in [-0.25, -0.2) is 9.97 Å². The van der Waals surface area contributed by atoms with Gasteiger partial charge in [-0.1, -0.05) is 23.7 Å². The highest BCUT2D eigenvalue weighted by Crippen LogP contribution is 2.24. The Bertz CT molecular complexity index is 741. The summed E-state index contributed by atoms with van der Waals surface area (Å²) in [5.41, 5.74) is 1.92. The molecular weight excluding hydrogens is 300 g/mol. The molecular formula is C17H13ClN2O2. The molecule has 0 atom stereocenters. The highest BCUT2D eigenvalue weighted by Gasteiger charge is 2.03. The second kappa shape index (κ2) is 6.45. The molecule has 0 N–H and O–H groups in total. The average molecular weight is 313 g/mol. The van der Waals surface area contributed by atoms with Crippen LogP contribution in [0, 0.1) is 0 Å². The number of hydrogen-bond donors (Lipinski definition) is 0. The van der Waals surface area contributed by atoms with Crippen LogP contribution in [0.25, 0.3) is 11.1 Å². The van der Waals surface area contributed by atoms with Crippen molar-refractivity contribution in [2.24, 2.45) is 0 Å². The average Bonchev–Trinajstić information content (AvgIpc) is 2.58. The van der Waals surface area contributed by atoms with Crippen molar-refractivity contribution in [1.29, 1.82) is 0 Å². The molecule has 3 rings (SSSR count). The van der Waals surface area contributed by atoms with Crippen LogP contribution in [0.2, 0.25) is 5.02 Å². The lowest BCUT2D eigenvalue weighted by Gasteiger charge is -2.05. The molecule has 0 unspecified atom stereocenters. The topological polar surface area (TPSA) is 44.2 Å². The Morgan fingerprint density at radius 3 is 1.95 bits per heavy atom. The van der Waals surface area contributed by atoms with E-state index in [-0.39, 0.29) is 0 Å². The van der Waals surface area contributed by atoms with E-state index in [0.717, 1.165) is 16.9 Å². The lowest BCUT2D eigenvalue weighted by atomic mass is 10.1. The molecule has 0 aliphatic heterocycles. The maximum atomic E-state index is 5.83. The van der Waals surface area contributed by atoms with Gasteiger partial charge in [-0.15, -0.1) is 0 Å². The van der Waals surface area contributed by atoms with E-state index in [1.165, 1.54) is 0 Å². The zero-order valence-electron chi connectivity index (χ0n) is 11.9. The molecule has 0 radical (unpaired) electrons. The van der Waals surface area contributed by atoms with Gasteiger partial charge in [0.1, 0.15) is 11.5 Å². The Labute approximate surface area is 133 Å². The molecule has 0 fully saturated rings. The van der Waals surface area contributed by atoms with Gasteiger partial charge >= 0.3 is 6.01 Å². The molecule has 1 heterocycles. The van der Waals surface area contributed by atoms with Crippen LogP contribution in [0.5, 0.6) is 17.5 Å². The third-order valence-electron chi connectivity index (χ3n) is 3.07. The molecule has 0 saturated carbocycles. The number of rotatable bonds is 4. The van der Waals surface area contributed by atoms with Gasteiger partial charge in [-0.2, -0.15) is 0 Å². The van der Waals surface area contributed by atoms with Crippen LogP contribution in [0.4, 0.5) is 0 Å². The van der Waals surface area contributed by atoms with E-state index in [9.17, 15) is 0 Å². The number of nitrogens with zero attached hydrogens (tertiary/aromatic N) is 2. The van der Waals surface area contributed by atoms with Crippen molar-refractivity contribution in [3.63, 3.8) is 0 Å². The van der Waals surface area contributed by atoms with E-state index in [1.807, 2.05) is 24.3 Å². The molecule has 0 spiro atoms. The number of methoxy groups -OCH3 is 1. The van der Waals surface area contributed by atoms with Crippen molar-refractivity contribution >= 4 is 11.6 Å². The van der Waals surface area contributed by atoms with Gasteiger partial charge in [0.25, 0.3) is 0 Å². The van der Waals surface area contributed by atoms with E-state index in [0.29, 0.717) is 16.8 Å². The van der Waals surface area contributed by atoms with Gasteiger partial charge in [0.05, 0.1) is 7.11 Å². The standard InChI is InChI=1S/C17H13ClN2O2/c1-21-15-6-2-12(3-7-15)13-10-19-17(20-11-13)22-16-8-4-14(18)5-9-16/h2-11H,1H3. The Balaban J connectivity index is 1.75. The molecule has 2 aromatic carbocycles. The monoisotopic (exact) mass is 312 g/mol. The van der Waals surface area contributed by atoms with Gasteiger partial charge in [0.15, 0.2) is 0 Å². The summed E-state index contributed by atoms with van der Waals surface area (Å²) in [5.74, 6) is 1.45. The second-order valence-electron chi connectivity index (χ2n) is 4.54. The van der Waals surface area contributed by atoms with Gasteiger partial charge in [-0.3, -0.25) is 0 Å². The molecule has 0 amide bonds. The van der Waals surface area contributed by atoms with Crippen molar-refractivity contribution in [3.8, 4) is 28.6 Å². The summed E-state index contributed by atoms with van der Waals surface area (Å²) in [6, 6.07) is 15.0. The number of hydrogen-bond acceptors (Lipinski definition) is 4. The number of halogens is 1. The fourth-order valence-electron chi connectivity index (χ4n) is 1.91. The van der Waals surface area contributed by atoms with Crippen LogP contribution in [-0.2, 0) is 0 Å². The van der Waals surface area contributed by atoms with Crippen LogP contribution >= 0.6 is 11.6 Å². The summed E-state index contributed by atoms with van der Waals surface area (Å²) in [6.07, 6.45) is 3.44. The van der Waals surface area contributed by atoms with E-state index in [1.54, 1.807) is 43.8 Å². The number of aromatic nitrogens is 2. The first-order valence-corrected chi connectivity index (χ1v) is 7.02. The molecule has 0 bridgehead atoms. The lowest BCUT2D eigenvalue weighted by Crippen LogP contribution is -1.92. The van der Waals surface area contributed by atoms with E-state index in [4.69, 9.17) is 21.1 Å².